The number of ketones is 1. The van der Waals surface area contributed by atoms with Gasteiger partial charge in [-0.2, -0.15) is 5.26 Å². The van der Waals surface area contributed by atoms with Gasteiger partial charge in [-0.3, -0.25) is 4.79 Å². The third-order valence-corrected chi connectivity index (χ3v) is 4.23. The highest BCUT2D eigenvalue weighted by Gasteiger charge is 2.34. The molecular weight excluding hydrogens is 236 g/mol. The predicted molar refractivity (Wildman–Crippen MR) is 73.8 cm³/mol. The normalized spacial score (nSPS) is 23.5. The molecular formula is C16H16N2O. The van der Waals surface area contributed by atoms with E-state index in [0.717, 1.165) is 23.7 Å². The van der Waals surface area contributed by atoms with Crippen molar-refractivity contribution in [3.63, 3.8) is 0 Å². The largest absolute Gasteiger partial charge is 0.361 e. The van der Waals surface area contributed by atoms with Crippen LogP contribution >= 0.6 is 0 Å². The van der Waals surface area contributed by atoms with Gasteiger partial charge in [0, 0.05) is 35.4 Å². The van der Waals surface area contributed by atoms with Crippen LogP contribution in [0.5, 0.6) is 0 Å². The van der Waals surface area contributed by atoms with Crippen molar-refractivity contribution in [3.05, 3.63) is 35.5 Å². The van der Waals surface area contributed by atoms with Crippen molar-refractivity contribution in [2.24, 2.45) is 0 Å². The van der Waals surface area contributed by atoms with Crippen LogP contribution in [0.25, 0.3) is 10.9 Å². The Bertz CT molecular complexity index is 692. The maximum atomic E-state index is 11.8. The molecule has 19 heavy (non-hydrogen) atoms. The molecule has 1 fully saturated rings. The summed E-state index contributed by atoms with van der Waals surface area (Å²) in [5.41, 5.74) is 2.78. The van der Waals surface area contributed by atoms with Crippen molar-refractivity contribution >= 4 is 16.7 Å². The van der Waals surface area contributed by atoms with Crippen molar-refractivity contribution in [3.8, 4) is 6.07 Å². The zero-order valence-electron chi connectivity index (χ0n) is 11.0. The summed E-state index contributed by atoms with van der Waals surface area (Å²) >= 11 is 0. The second-order valence-electron chi connectivity index (χ2n) is 5.70. The number of rotatable bonds is 1. The Morgan fingerprint density at radius 3 is 3.00 bits per heavy atom. The number of H-pyrrole nitrogens is 1. The Morgan fingerprint density at radius 1 is 1.42 bits per heavy atom. The van der Waals surface area contributed by atoms with Gasteiger partial charge in [0.15, 0.2) is 0 Å². The van der Waals surface area contributed by atoms with E-state index in [2.05, 4.69) is 18.0 Å². The average molecular weight is 252 g/mol. The number of carbonyl (C=O) groups excluding carboxylic acids is 1. The lowest BCUT2D eigenvalue weighted by Crippen LogP contribution is -2.29. The molecule has 1 aliphatic carbocycles. The molecule has 0 spiro atoms. The van der Waals surface area contributed by atoms with E-state index in [1.807, 2.05) is 24.4 Å². The SMILES string of the molecule is CC1(c2c[nH]c3ccc(C#N)cc23)CCCC(=O)C1. The van der Waals surface area contributed by atoms with Crippen LogP contribution in [-0.4, -0.2) is 10.8 Å². The topological polar surface area (TPSA) is 56.6 Å². The van der Waals surface area contributed by atoms with E-state index in [1.165, 1.54) is 5.56 Å². The minimum absolute atomic E-state index is 0.0956. The molecule has 96 valence electrons. The molecule has 3 heteroatoms. The summed E-state index contributed by atoms with van der Waals surface area (Å²) < 4.78 is 0. The molecule has 1 N–H and O–H groups in total. The summed E-state index contributed by atoms with van der Waals surface area (Å²) in [4.78, 5) is 15.0. The lowest BCUT2D eigenvalue weighted by molar-refractivity contribution is -0.121. The summed E-state index contributed by atoms with van der Waals surface area (Å²) in [6.45, 7) is 2.16. The fraction of sp³-hybridized carbons (Fsp3) is 0.375. The summed E-state index contributed by atoms with van der Waals surface area (Å²) in [5.74, 6) is 0.347. The van der Waals surface area contributed by atoms with Crippen molar-refractivity contribution in [1.29, 1.82) is 5.26 Å². The lowest BCUT2D eigenvalue weighted by Gasteiger charge is -2.32. The van der Waals surface area contributed by atoms with Crippen LogP contribution < -0.4 is 0 Å². The van der Waals surface area contributed by atoms with Crippen LogP contribution in [0.3, 0.4) is 0 Å². The van der Waals surface area contributed by atoms with E-state index in [4.69, 9.17) is 5.26 Å². The molecule has 0 bridgehead atoms. The molecule has 1 saturated carbocycles. The van der Waals surface area contributed by atoms with Crippen LogP contribution in [0.4, 0.5) is 0 Å². The molecule has 0 aliphatic heterocycles. The fourth-order valence-corrected chi connectivity index (χ4v) is 3.21. The molecule has 0 radical (unpaired) electrons. The summed E-state index contributed by atoms with van der Waals surface area (Å²) in [7, 11) is 0. The quantitative estimate of drug-likeness (QED) is 0.845. The molecule has 0 saturated heterocycles. The molecule has 3 rings (SSSR count). The number of fused-ring (bicyclic) bond motifs is 1. The van der Waals surface area contributed by atoms with Crippen LogP contribution in [0, 0.1) is 11.3 Å². The number of aromatic nitrogens is 1. The number of nitriles is 1. The smallest absolute Gasteiger partial charge is 0.133 e. The highest BCUT2D eigenvalue weighted by Crippen LogP contribution is 2.40. The van der Waals surface area contributed by atoms with Gasteiger partial charge in [-0.25, -0.2) is 0 Å². The van der Waals surface area contributed by atoms with Crippen molar-refractivity contribution in [1.82, 2.24) is 4.98 Å². The number of nitrogens with zero attached hydrogens (tertiary/aromatic N) is 1. The van der Waals surface area contributed by atoms with Gasteiger partial charge in [-0.15, -0.1) is 0 Å². The van der Waals surface area contributed by atoms with Crippen LogP contribution in [-0.2, 0) is 10.2 Å². The zero-order valence-corrected chi connectivity index (χ0v) is 11.0. The van der Waals surface area contributed by atoms with E-state index in [0.29, 0.717) is 24.2 Å². The molecule has 2 aromatic rings. The van der Waals surface area contributed by atoms with Crippen LogP contribution in [0.2, 0.25) is 0 Å². The zero-order chi connectivity index (χ0) is 13.5. The van der Waals surface area contributed by atoms with Gasteiger partial charge in [-0.1, -0.05) is 6.92 Å². The Morgan fingerprint density at radius 2 is 2.26 bits per heavy atom. The third-order valence-electron chi connectivity index (χ3n) is 4.23. The molecule has 1 atom stereocenters. The first-order valence-corrected chi connectivity index (χ1v) is 6.66. The second kappa shape index (κ2) is 4.24. The molecule has 1 aliphatic rings. The Labute approximate surface area is 112 Å². The maximum Gasteiger partial charge on any atom is 0.133 e. The van der Waals surface area contributed by atoms with E-state index in [1.54, 1.807) is 0 Å². The van der Waals surface area contributed by atoms with E-state index in [-0.39, 0.29) is 5.41 Å². The number of hydrogen-bond donors (Lipinski definition) is 1. The van der Waals surface area contributed by atoms with E-state index in [9.17, 15) is 4.79 Å². The maximum absolute atomic E-state index is 11.8. The van der Waals surface area contributed by atoms with E-state index < -0.39 is 0 Å². The van der Waals surface area contributed by atoms with Gasteiger partial charge in [0.25, 0.3) is 0 Å². The molecule has 1 aromatic heterocycles. The first kappa shape index (κ1) is 12.0. The van der Waals surface area contributed by atoms with Crippen molar-refractivity contribution in [2.45, 2.75) is 38.0 Å². The minimum atomic E-state index is -0.0956. The molecule has 0 amide bonds. The fourth-order valence-electron chi connectivity index (χ4n) is 3.21. The Hall–Kier alpha value is -2.08. The van der Waals surface area contributed by atoms with Gasteiger partial charge in [-0.05, 0) is 36.6 Å². The number of Topliss-reactive ketones (excluding diaryl/α,β-unsaturated/α-hetero) is 1. The second-order valence-corrected chi connectivity index (χ2v) is 5.70. The highest BCUT2D eigenvalue weighted by atomic mass is 16.1. The number of benzene rings is 1. The number of nitrogens with one attached hydrogen (secondary N) is 1. The number of hydrogen-bond acceptors (Lipinski definition) is 2. The molecule has 1 unspecified atom stereocenters. The van der Waals surface area contributed by atoms with Crippen molar-refractivity contribution in [2.75, 3.05) is 0 Å². The standard InChI is InChI=1S/C16H16N2O/c1-16(6-2-3-12(19)8-16)14-10-18-15-5-4-11(9-17)7-13(14)15/h4-5,7,10,18H,2-3,6,8H2,1H3. The summed E-state index contributed by atoms with van der Waals surface area (Å²) in [6, 6.07) is 7.85. The van der Waals surface area contributed by atoms with E-state index >= 15 is 0 Å². The highest BCUT2D eigenvalue weighted by molar-refractivity contribution is 5.88. The summed E-state index contributed by atoms with van der Waals surface area (Å²) in [5, 5.41) is 10.1. The lowest BCUT2D eigenvalue weighted by atomic mass is 9.70. The van der Waals surface area contributed by atoms with Gasteiger partial charge in [0.2, 0.25) is 0 Å². The van der Waals surface area contributed by atoms with Crippen LogP contribution in [0.15, 0.2) is 24.4 Å². The third kappa shape index (κ3) is 1.94. The van der Waals surface area contributed by atoms with Gasteiger partial charge in [0.1, 0.15) is 5.78 Å². The molecule has 1 aromatic carbocycles. The first-order chi connectivity index (χ1) is 9.12. The van der Waals surface area contributed by atoms with Gasteiger partial charge < -0.3 is 4.98 Å². The van der Waals surface area contributed by atoms with Gasteiger partial charge in [0.05, 0.1) is 11.6 Å². The molecule has 3 nitrogen and oxygen atoms in total. The Kier molecular flexibility index (Phi) is 2.67. The first-order valence-electron chi connectivity index (χ1n) is 6.66. The number of carbonyl (C=O) groups is 1. The Balaban J connectivity index is 2.14. The van der Waals surface area contributed by atoms with Crippen molar-refractivity contribution < 1.29 is 4.79 Å². The minimum Gasteiger partial charge on any atom is -0.361 e. The number of aromatic amines is 1. The predicted octanol–water partition coefficient (Wildman–Crippen LogP) is 3.44. The summed E-state index contributed by atoms with van der Waals surface area (Å²) in [6.07, 6.45) is 5.31. The average Bonchev–Trinajstić information content (AvgIpc) is 2.81. The molecule has 1 heterocycles. The van der Waals surface area contributed by atoms with Gasteiger partial charge >= 0.3 is 0 Å². The monoisotopic (exact) mass is 252 g/mol. The van der Waals surface area contributed by atoms with Crippen LogP contribution in [0.1, 0.15) is 43.7 Å².